The van der Waals surface area contributed by atoms with E-state index in [0.29, 0.717) is 6.42 Å². The second-order valence-corrected chi connectivity index (χ2v) is 5.02. The van der Waals surface area contributed by atoms with Crippen LogP contribution in [-0.2, 0) is 4.79 Å². The summed E-state index contributed by atoms with van der Waals surface area (Å²) in [5, 5.41) is 11.6. The molecular weight excluding hydrogens is 220 g/mol. The van der Waals surface area contributed by atoms with Crippen LogP contribution in [0.15, 0.2) is 0 Å². The normalized spacial score (nSPS) is 17.9. The van der Waals surface area contributed by atoms with Crippen molar-refractivity contribution in [2.24, 2.45) is 5.92 Å². The molecule has 2 amide bonds. The molecule has 1 rings (SSSR count). The molecule has 2 N–H and O–H groups in total. The van der Waals surface area contributed by atoms with Gasteiger partial charge in [0.1, 0.15) is 6.04 Å². The molecule has 98 valence electrons. The van der Waals surface area contributed by atoms with Crippen LogP contribution in [0.4, 0.5) is 4.79 Å². The Bertz CT molecular complexity index is 273. The number of nitrogens with one attached hydrogen (secondary N) is 1. The van der Waals surface area contributed by atoms with E-state index >= 15 is 0 Å². The first-order valence-electron chi connectivity index (χ1n) is 6.29. The molecule has 1 fully saturated rings. The maximum absolute atomic E-state index is 11.8. The first-order valence-corrected chi connectivity index (χ1v) is 6.29. The van der Waals surface area contributed by atoms with Gasteiger partial charge in [0, 0.05) is 13.1 Å². The van der Waals surface area contributed by atoms with Crippen molar-refractivity contribution in [2.75, 3.05) is 13.1 Å². The number of carbonyl (C=O) groups excluding carboxylic acids is 1. The standard InChI is InChI=1S/C12H22N2O3/c1-9(2)8-10(11(15)16)13-12(17)14-6-4-3-5-7-14/h9-10H,3-8H2,1-2H3,(H,13,17)(H,15,16)/t10-/m1/s1. The van der Waals surface area contributed by atoms with Gasteiger partial charge in [0.05, 0.1) is 0 Å². The Hall–Kier alpha value is -1.26. The van der Waals surface area contributed by atoms with Crippen LogP contribution >= 0.6 is 0 Å². The summed E-state index contributed by atoms with van der Waals surface area (Å²) in [5.41, 5.74) is 0. The first kappa shape index (κ1) is 13.8. The zero-order valence-corrected chi connectivity index (χ0v) is 10.6. The minimum Gasteiger partial charge on any atom is -0.480 e. The van der Waals surface area contributed by atoms with Gasteiger partial charge in [-0.05, 0) is 31.6 Å². The second kappa shape index (κ2) is 6.47. The van der Waals surface area contributed by atoms with E-state index in [1.165, 1.54) is 0 Å². The van der Waals surface area contributed by atoms with Gasteiger partial charge >= 0.3 is 12.0 Å². The minimum absolute atomic E-state index is 0.238. The molecule has 0 unspecified atom stereocenters. The van der Waals surface area contributed by atoms with Crippen LogP contribution in [0.25, 0.3) is 0 Å². The number of amides is 2. The first-order chi connectivity index (χ1) is 8.00. The van der Waals surface area contributed by atoms with Gasteiger partial charge in [-0.2, -0.15) is 0 Å². The van der Waals surface area contributed by atoms with Crippen LogP contribution in [0.3, 0.4) is 0 Å². The molecule has 5 heteroatoms. The summed E-state index contributed by atoms with van der Waals surface area (Å²) >= 11 is 0. The number of hydrogen-bond donors (Lipinski definition) is 2. The molecule has 0 bridgehead atoms. The summed E-state index contributed by atoms with van der Waals surface area (Å²) in [4.78, 5) is 24.6. The number of hydrogen-bond acceptors (Lipinski definition) is 2. The van der Waals surface area contributed by atoms with E-state index in [-0.39, 0.29) is 11.9 Å². The Morgan fingerprint density at radius 1 is 1.24 bits per heavy atom. The maximum atomic E-state index is 11.8. The SMILES string of the molecule is CC(C)C[C@@H](NC(=O)N1CCCCC1)C(=O)O. The summed E-state index contributed by atoms with van der Waals surface area (Å²) in [6.45, 7) is 5.37. The number of nitrogens with zero attached hydrogens (tertiary/aromatic N) is 1. The Balaban J connectivity index is 2.47. The third kappa shape index (κ3) is 4.63. The molecule has 5 nitrogen and oxygen atoms in total. The molecule has 0 radical (unpaired) electrons. The van der Waals surface area contributed by atoms with E-state index in [4.69, 9.17) is 5.11 Å². The highest BCUT2D eigenvalue weighted by molar-refractivity contribution is 5.82. The van der Waals surface area contributed by atoms with Crippen molar-refractivity contribution in [2.45, 2.75) is 45.6 Å². The number of piperidine rings is 1. The molecule has 17 heavy (non-hydrogen) atoms. The van der Waals surface area contributed by atoms with Crippen LogP contribution in [0, 0.1) is 5.92 Å². The number of carbonyl (C=O) groups is 2. The molecule has 1 saturated heterocycles. The molecule has 0 aliphatic carbocycles. The molecule has 0 saturated carbocycles. The van der Waals surface area contributed by atoms with Crippen LogP contribution in [0.5, 0.6) is 0 Å². The average molecular weight is 242 g/mol. The summed E-state index contributed by atoms with van der Waals surface area (Å²) in [7, 11) is 0. The van der Waals surface area contributed by atoms with Gasteiger partial charge in [-0.1, -0.05) is 13.8 Å². The maximum Gasteiger partial charge on any atom is 0.326 e. The van der Waals surface area contributed by atoms with Crippen molar-refractivity contribution in [1.29, 1.82) is 0 Å². The lowest BCUT2D eigenvalue weighted by molar-refractivity contribution is -0.139. The monoisotopic (exact) mass is 242 g/mol. The van der Waals surface area contributed by atoms with E-state index in [9.17, 15) is 9.59 Å². The van der Waals surface area contributed by atoms with Crippen LogP contribution in [0.2, 0.25) is 0 Å². The minimum atomic E-state index is -0.955. The van der Waals surface area contributed by atoms with Crippen LogP contribution in [0.1, 0.15) is 39.5 Å². The lowest BCUT2D eigenvalue weighted by Crippen LogP contribution is -2.49. The lowest BCUT2D eigenvalue weighted by Gasteiger charge is -2.28. The van der Waals surface area contributed by atoms with Gasteiger partial charge < -0.3 is 15.3 Å². The summed E-state index contributed by atoms with van der Waals surface area (Å²) in [6.07, 6.45) is 3.64. The highest BCUT2D eigenvalue weighted by Crippen LogP contribution is 2.10. The Labute approximate surface area is 102 Å². The highest BCUT2D eigenvalue weighted by atomic mass is 16.4. The smallest absolute Gasteiger partial charge is 0.326 e. The van der Waals surface area contributed by atoms with E-state index in [0.717, 1.165) is 32.4 Å². The summed E-state index contributed by atoms with van der Waals surface area (Å²) < 4.78 is 0. The Morgan fingerprint density at radius 2 is 1.82 bits per heavy atom. The molecule has 0 aromatic carbocycles. The molecule has 1 aliphatic rings. The van der Waals surface area contributed by atoms with E-state index in [1.54, 1.807) is 4.90 Å². The molecule has 1 aliphatic heterocycles. The second-order valence-electron chi connectivity index (χ2n) is 5.02. The fourth-order valence-corrected chi connectivity index (χ4v) is 2.03. The topological polar surface area (TPSA) is 69.6 Å². The van der Waals surface area contributed by atoms with Crippen LogP contribution in [-0.4, -0.2) is 41.1 Å². The van der Waals surface area contributed by atoms with Gasteiger partial charge in [-0.3, -0.25) is 0 Å². The number of rotatable bonds is 4. The molecule has 0 aromatic heterocycles. The highest BCUT2D eigenvalue weighted by Gasteiger charge is 2.24. The van der Waals surface area contributed by atoms with Gasteiger partial charge in [0.25, 0.3) is 0 Å². The van der Waals surface area contributed by atoms with Crippen molar-refractivity contribution in [3.8, 4) is 0 Å². The summed E-state index contributed by atoms with van der Waals surface area (Å²) in [6, 6.07) is -1.01. The van der Waals surface area contributed by atoms with E-state index < -0.39 is 12.0 Å². The number of carboxylic acids is 1. The fourth-order valence-electron chi connectivity index (χ4n) is 2.03. The number of carboxylic acid groups (broad SMARTS) is 1. The van der Waals surface area contributed by atoms with Crippen molar-refractivity contribution in [3.05, 3.63) is 0 Å². The third-order valence-corrected chi connectivity index (χ3v) is 2.95. The zero-order valence-electron chi connectivity index (χ0n) is 10.6. The quantitative estimate of drug-likeness (QED) is 0.788. The molecule has 1 atom stereocenters. The Morgan fingerprint density at radius 3 is 2.29 bits per heavy atom. The van der Waals surface area contributed by atoms with Crippen molar-refractivity contribution in [1.82, 2.24) is 10.2 Å². The number of aliphatic carboxylic acids is 1. The third-order valence-electron chi connectivity index (χ3n) is 2.95. The zero-order chi connectivity index (χ0) is 12.8. The van der Waals surface area contributed by atoms with Crippen molar-refractivity contribution < 1.29 is 14.7 Å². The van der Waals surface area contributed by atoms with Gasteiger partial charge in [0.15, 0.2) is 0 Å². The fraction of sp³-hybridized carbons (Fsp3) is 0.833. The van der Waals surface area contributed by atoms with Gasteiger partial charge in [-0.15, -0.1) is 0 Å². The molecular formula is C12H22N2O3. The van der Waals surface area contributed by atoms with E-state index in [1.807, 2.05) is 13.8 Å². The van der Waals surface area contributed by atoms with E-state index in [2.05, 4.69) is 5.32 Å². The summed E-state index contributed by atoms with van der Waals surface area (Å²) in [5.74, 6) is -0.707. The van der Waals surface area contributed by atoms with Gasteiger partial charge in [0.2, 0.25) is 0 Å². The Kier molecular flexibility index (Phi) is 5.25. The van der Waals surface area contributed by atoms with Crippen LogP contribution < -0.4 is 5.32 Å². The van der Waals surface area contributed by atoms with Crippen molar-refractivity contribution >= 4 is 12.0 Å². The predicted molar refractivity (Wildman–Crippen MR) is 64.8 cm³/mol. The number of likely N-dealkylation sites (tertiary alicyclic amines) is 1. The average Bonchev–Trinajstić information content (AvgIpc) is 2.28. The molecule has 0 aromatic rings. The predicted octanol–water partition coefficient (Wildman–Crippen LogP) is 1.68. The molecule has 0 spiro atoms. The lowest BCUT2D eigenvalue weighted by atomic mass is 10.0. The molecule has 1 heterocycles. The van der Waals surface area contributed by atoms with Gasteiger partial charge in [-0.25, -0.2) is 9.59 Å². The number of urea groups is 1. The van der Waals surface area contributed by atoms with Crippen molar-refractivity contribution in [3.63, 3.8) is 0 Å². The largest absolute Gasteiger partial charge is 0.480 e.